The van der Waals surface area contributed by atoms with Gasteiger partial charge >= 0.3 is 0 Å². The molecule has 0 radical (unpaired) electrons. The van der Waals surface area contributed by atoms with Crippen LogP contribution in [-0.4, -0.2) is 45.0 Å². The molecule has 0 unspecified atom stereocenters. The molecular formula is C25H33N5O. The third-order valence-electron chi connectivity index (χ3n) is 6.30. The van der Waals surface area contributed by atoms with E-state index in [2.05, 4.69) is 70.7 Å². The van der Waals surface area contributed by atoms with Crippen LogP contribution in [0, 0.1) is 0 Å². The van der Waals surface area contributed by atoms with Crippen LogP contribution in [0.15, 0.2) is 42.6 Å². The van der Waals surface area contributed by atoms with Crippen LogP contribution in [0.2, 0.25) is 0 Å². The third-order valence-corrected chi connectivity index (χ3v) is 6.30. The van der Waals surface area contributed by atoms with E-state index in [1.165, 1.54) is 11.1 Å². The molecule has 1 amide bonds. The maximum atomic E-state index is 12.9. The Bertz CT molecular complexity index is 1020. The number of hydrogen-bond acceptors (Lipinski definition) is 4. The van der Waals surface area contributed by atoms with Crippen molar-refractivity contribution in [2.45, 2.75) is 58.3 Å². The highest BCUT2D eigenvalue weighted by Crippen LogP contribution is 2.32. The smallest absolute Gasteiger partial charge is 0.238 e. The summed E-state index contributed by atoms with van der Waals surface area (Å²) in [7, 11) is 0. The molecule has 3 heterocycles. The van der Waals surface area contributed by atoms with Crippen molar-refractivity contribution in [1.82, 2.24) is 19.5 Å². The number of carbonyl (C=O) groups excluding carboxylic acids is 1. The average Bonchev–Trinajstić information content (AvgIpc) is 3.18. The first-order chi connectivity index (χ1) is 14.9. The molecule has 3 aromatic rings. The van der Waals surface area contributed by atoms with E-state index in [1.807, 2.05) is 24.4 Å². The van der Waals surface area contributed by atoms with E-state index >= 15 is 0 Å². The largest absolute Gasteiger partial charge is 0.324 e. The number of benzene rings is 1. The van der Waals surface area contributed by atoms with Gasteiger partial charge in [0.1, 0.15) is 5.82 Å². The van der Waals surface area contributed by atoms with Gasteiger partial charge in [-0.2, -0.15) is 0 Å². The number of aromatic nitrogens is 3. The summed E-state index contributed by atoms with van der Waals surface area (Å²) < 4.78 is 2.09. The summed E-state index contributed by atoms with van der Waals surface area (Å²) >= 11 is 0. The predicted molar refractivity (Wildman–Crippen MR) is 125 cm³/mol. The molecule has 0 saturated carbocycles. The molecule has 0 atom stereocenters. The van der Waals surface area contributed by atoms with Crippen molar-refractivity contribution in [2.75, 3.05) is 25.0 Å². The number of para-hydroxylation sites is 1. The Hall–Kier alpha value is -2.73. The first-order valence-corrected chi connectivity index (χ1v) is 11.4. The number of nitrogens with one attached hydrogen (secondary N) is 1. The average molecular weight is 420 g/mol. The Morgan fingerprint density at radius 2 is 1.68 bits per heavy atom. The zero-order valence-electron chi connectivity index (χ0n) is 19.0. The quantitative estimate of drug-likeness (QED) is 0.624. The van der Waals surface area contributed by atoms with Crippen molar-refractivity contribution in [3.63, 3.8) is 0 Å². The highest BCUT2D eigenvalue weighted by molar-refractivity contribution is 5.94. The van der Waals surface area contributed by atoms with Crippen LogP contribution in [0.5, 0.6) is 0 Å². The SMILES string of the molecule is CC(C)c1cccc(C(C)C)c1NC(=O)CN1CCC(c2nnc3ccccn23)CC1. The number of hydrogen-bond donors (Lipinski definition) is 1. The molecule has 164 valence electrons. The summed E-state index contributed by atoms with van der Waals surface area (Å²) in [4.78, 5) is 15.2. The zero-order valence-corrected chi connectivity index (χ0v) is 19.0. The Balaban J connectivity index is 1.39. The zero-order chi connectivity index (χ0) is 22.0. The third kappa shape index (κ3) is 4.64. The first kappa shape index (κ1) is 21.5. The lowest BCUT2D eigenvalue weighted by molar-refractivity contribution is -0.117. The summed E-state index contributed by atoms with van der Waals surface area (Å²) in [5.41, 5.74) is 4.31. The van der Waals surface area contributed by atoms with Crippen molar-refractivity contribution < 1.29 is 4.79 Å². The first-order valence-electron chi connectivity index (χ1n) is 11.4. The Morgan fingerprint density at radius 1 is 1.00 bits per heavy atom. The molecule has 2 aromatic heterocycles. The maximum Gasteiger partial charge on any atom is 0.238 e. The number of nitrogens with zero attached hydrogens (tertiary/aromatic N) is 4. The lowest BCUT2D eigenvalue weighted by atomic mass is 9.92. The number of likely N-dealkylation sites (tertiary alicyclic amines) is 1. The number of pyridine rings is 1. The molecule has 1 saturated heterocycles. The fourth-order valence-corrected chi connectivity index (χ4v) is 4.56. The lowest BCUT2D eigenvalue weighted by Crippen LogP contribution is -2.39. The molecule has 0 aliphatic carbocycles. The summed E-state index contributed by atoms with van der Waals surface area (Å²) in [6.07, 6.45) is 4.01. The van der Waals surface area contributed by atoms with E-state index in [4.69, 9.17) is 0 Å². The fourth-order valence-electron chi connectivity index (χ4n) is 4.56. The van der Waals surface area contributed by atoms with E-state index in [0.717, 1.165) is 43.1 Å². The lowest BCUT2D eigenvalue weighted by Gasteiger charge is -2.31. The molecule has 6 nitrogen and oxygen atoms in total. The van der Waals surface area contributed by atoms with Gasteiger partial charge in [-0.3, -0.25) is 14.1 Å². The van der Waals surface area contributed by atoms with Gasteiger partial charge < -0.3 is 5.32 Å². The second-order valence-electron chi connectivity index (χ2n) is 9.21. The molecule has 1 fully saturated rings. The van der Waals surface area contributed by atoms with E-state index < -0.39 is 0 Å². The van der Waals surface area contributed by atoms with E-state index in [9.17, 15) is 4.79 Å². The Kier molecular flexibility index (Phi) is 6.37. The summed E-state index contributed by atoms with van der Waals surface area (Å²) in [6, 6.07) is 12.3. The van der Waals surface area contributed by atoms with Crippen molar-refractivity contribution in [1.29, 1.82) is 0 Å². The van der Waals surface area contributed by atoms with Gasteiger partial charge in [0.25, 0.3) is 0 Å². The topological polar surface area (TPSA) is 62.5 Å². The van der Waals surface area contributed by atoms with E-state index in [0.29, 0.717) is 24.3 Å². The monoisotopic (exact) mass is 419 g/mol. The number of amides is 1. The van der Waals surface area contributed by atoms with Gasteiger partial charge in [-0.15, -0.1) is 10.2 Å². The summed E-state index contributed by atoms with van der Waals surface area (Å²) in [6.45, 7) is 10.9. The van der Waals surface area contributed by atoms with Crippen molar-refractivity contribution in [2.24, 2.45) is 0 Å². The van der Waals surface area contributed by atoms with E-state index in [1.54, 1.807) is 0 Å². The van der Waals surface area contributed by atoms with Crippen LogP contribution in [-0.2, 0) is 4.79 Å². The molecule has 0 spiro atoms. The molecule has 31 heavy (non-hydrogen) atoms. The van der Waals surface area contributed by atoms with Crippen molar-refractivity contribution in [3.8, 4) is 0 Å². The van der Waals surface area contributed by atoms with Gasteiger partial charge in [-0.25, -0.2) is 0 Å². The molecule has 0 bridgehead atoms. The number of piperidine rings is 1. The second kappa shape index (κ2) is 9.18. The number of anilines is 1. The van der Waals surface area contributed by atoms with Gasteiger partial charge in [0, 0.05) is 17.8 Å². The molecular weight excluding hydrogens is 386 g/mol. The molecule has 1 aliphatic rings. The van der Waals surface area contributed by atoms with E-state index in [-0.39, 0.29) is 5.91 Å². The minimum atomic E-state index is 0.0707. The minimum Gasteiger partial charge on any atom is -0.324 e. The van der Waals surface area contributed by atoms with Crippen LogP contribution in [0.3, 0.4) is 0 Å². The van der Waals surface area contributed by atoms with Gasteiger partial charge in [0.2, 0.25) is 5.91 Å². The van der Waals surface area contributed by atoms with Crippen LogP contribution >= 0.6 is 0 Å². The summed E-state index contributed by atoms with van der Waals surface area (Å²) in [5.74, 6) is 2.21. The van der Waals surface area contributed by atoms with Crippen LogP contribution in [0.25, 0.3) is 5.65 Å². The van der Waals surface area contributed by atoms with Crippen molar-refractivity contribution >= 4 is 17.2 Å². The second-order valence-corrected chi connectivity index (χ2v) is 9.21. The van der Waals surface area contributed by atoms with Gasteiger partial charge in [0.15, 0.2) is 5.65 Å². The van der Waals surface area contributed by atoms with Crippen LogP contribution < -0.4 is 5.32 Å². The molecule has 1 aromatic carbocycles. The van der Waals surface area contributed by atoms with Gasteiger partial charge in [-0.05, 0) is 61.0 Å². The minimum absolute atomic E-state index is 0.0707. The summed E-state index contributed by atoms with van der Waals surface area (Å²) in [5, 5.41) is 12.0. The normalized spacial score (nSPS) is 15.8. The number of rotatable bonds is 6. The highest BCUT2D eigenvalue weighted by atomic mass is 16.2. The Morgan fingerprint density at radius 3 is 2.32 bits per heavy atom. The molecule has 1 N–H and O–H groups in total. The fraction of sp³-hybridized carbons (Fsp3) is 0.480. The van der Waals surface area contributed by atoms with Gasteiger partial charge in [-0.1, -0.05) is 52.0 Å². The maximum absolute atomic E-state index is 12.9. The molecule has 6 heteroatoms. The van der Waals surface area contributed by atoms with Crippen LogP contribution in [0.4, 0.5) is 5.69 Å². The predicted octanol–water partition coefficient (Wildman–Crippen LogP) is 4.79. The number of carbonyl (C=O) groups is 1. The Labute approximate surface area is 184 Å². The van der Waals surface area contributed by atoms with Gasteiger partial charge in [0.05, 0.1) is 6.54 Å². The highest BCUT2D eigenvalue weighted by Gasteiger charge is 2.26. The number of fused-ring (bicyclic) bond motifs is 1. The molecule has 4 rings (SSSR count). The van der Waals surface area contributed by atoms with Crippen molar-refractivity contribution in [3.05, 3.63) is 59.5 Å². The standard InChI is InChI=1S/C25H33N5O/c1-17(2)20-8-7-9-21(18(3)4)24(20)26-23(31)16-29-14-11-19(12-15-29)25-28-27-22-10-5-6-13-30(22)25/h5-10,13,17-19H,11-12,14-16H2,1-4H3,(H,26,31). The molecule has 1 aliphatic heterocycles. The van der Waals surface area contributed by atoms with Crippen LogP contribution in [0.1, 0.15) is 75.2 Å².